The van der Waals surface area contributed by atoms with Crippen molar-refractivity contribution < 1.29 is 4.74 Å². The third-order valence-corrected chi connectivity index (χ3v) is 4.15. The molecule has 4 unspecified atom stereocenters. The van der Waals surface area contributed by atoms with Gasteiger partial charge in [-0.1, -0.05) is 34.1 Å². The molecule has 14 heavy (non-hydrogen) atoms. The highest BCUT2D eigenvalue weighted by atomic mass is 16.5. The molecule has 0 saturated heterocycles. The molecular formula is C13H26O. The van der Waals surface area contributed by atoms with Crippen LogP contribution in [0.1, 0.15) is 40.5 Å². The first kappa shape index (κ1) is 12.0. The minimum absolute atomic E-state index is 0.795. The molecule has 1 heteroatoms. The van der Waals surface area contributed by atoms with Crippen molar-refractivity contribution in [2.75, 3.05) is 13.7 Å². The summed E-state index contributed by atoms with van der Waals surface area (Å²) in [7, 11) is 1.83. The highest BCUT2D eigenvalue weighted by molar-refractivity contribution is 4.84. The van der Waals surface area contributed by atoms with Crippen LogP contribution in [0.15, 0.2) is 0 Å². The van der Waals surface area contributed by atoms with Gasteiger partial charge in [0.05, 0.1) is 0 Å². The fourth-order valence-electron chi connectivity index (χ4n) is 3.48. The Morgan fingerprint density at radius 3 is 2.36 bits per heavy atom. The highest BCUT2D eigenvalue weighted by Gasteiger charge is 2.35. The summed E-state index contributed by atoms with van der Waals surface area (Å²) >= 11 is 0. The van der Waals surface area contributed by atoms with E-state index in [1.54, 1.807) is 0 Å². The van der Waals surface area contributed by atoms with Crippen LogP contribution in [0.25, 0.3) is 0 Å². The van der Waals surface area contributed by atoms with E-state index in [9.17, 15) is 0 Å². The molecule has 0 aromatic rings. The lowest BCUT2D eigenvalue weighted by Crippen LogP contribution is -2.36. The van der Waals surface area contributed by atoms with E-state index in [-0.39, 0.29) is 0 Å². The summed E-state index contributed by atoms with van der Waals surface area (Å²) in [6.07, 6.45) is 2.75. The molecule has 0 N–H and O–H groups in total. The van der Waals surface area contributed by atoms with E-state index in [0.717, 1.165) is 36.2 Å². The van der Waals surface area contributed by atoms with Crippen molar-refractivity contribution in [3.63, 3.8) is 0 Å². The number of methoxy groups -OCH3 is 1. The second-order valence-corrected chi connectivity index (χ2v) is 5.45. The average molecular weight is 198 g/mol. The molecule has 1 rings (SSSR count). The van der Waals surface area contributed by atoms with Gasteiger partial charge in [0.1, 0.15) is 0 Å². The monoisotopic (exact) mass is 198 g/mol. The van der Waals surface area contributed by atoms with Gasteiger partial charge in [-0.3, -0.25) is 0 Å². The molecular weight excluding hydrogens is 172 g/mol. The van der Waals surface area contributed by atoms with Crippen LogP contribution in [0.2, 0.25) is 0 Å². The smallest absolute Gasteiger partial charge is 0.0493 e. The van der Waals surface area contributed by atoms with Crippen molar-refractivity contribution in [2.45, 2.75) is 40.5 Å². The van der Waals surface area contributed by atoms with Gasteiger partial charge < -0.3 is 4.74 Å². The molecule has 0 aromatic heterocycles. The van der Waals surface area contributed by atoms with Crippen LogP contribution in [0.3, 0.4) is 0 Å². The minimum atomic E-state index is 0.795. The Morgan fingerprint density at radius 2 is 1.86 bits per heavy atom. The molecule has 1 nitrogen and oxygen atoms in total. The van der Waals surface area contributed by atoms with Crippen LogP contribution in [-0.4, -0.2) is 13.7 Å². The molecule has 1 aliphatic carbocycles. The Bertz CT molecular complexity index is 165. The first-order valence-corrected chi connectivity index (χ1v) is 6.06. The summed E-state index contributed by atoms with van der Waals surface area (Å²) < 4.78 is 5.32. The molecule has 1 aliphatic rings. The van der Waals surface area contributed by atoms with Crippen LogP contribution in [0.4, 0.5) is 0 Å². The van der Waals surface area contributed by atoms with E-state index >= 15 is 0 Å². The summed E-state index contributed by atoms with van der Waals surface area (Å²) in [5.74, 6) is 4.24. The fraction of sp³-hybridized carbons (Fsp3) is 1.00. The third-order valence-electron chi connectivity index (χ3n) is 4.15. The lowest BCUT2D eigenvalue weighted by Gasteiger charge is -2.42. The number of hydrogen-bond acceptors (Lipinski definition) is 1. The van der Waals surface area contributed by atoms with Gasteiger partial charge in [-0.2, -0.15) is 0 Å². The summed E-state index contributed by atoms with van der Waals surface area (Å²) in [6, 6.07) is 0. The Balaban J connectivity index is 2.62. The molecule has 0 amide bonds. The molecule has 0 spiro atoms. The normalized spacial score (nSPS) is 39.0. The maximum atomic E-state index is 5.32. The first-order chi connectivity index (χ1) is 6.57. The highest BCUT2D eigenvalue weighted by Crippen LogP contribution is 2.42. The Labute approximate surface area is 89.2 Å². The second kappa shape index (κ2) is 5.16. The predicted octanol–water partition coefficient (Wildman–Crippen LogP) is 3.59. The molecule has 4 atom stereocenters. The molecule has 0 bridgehead atoms. The van der Waals surface area contributed by atoms with Crippen LogP contribution in [0, 0.1) is 29.6 Å². The maximum absolute atomic E-state index is 5.32. The van der Waals surface area contributed by atoms with Crippen LogP contribution in [0.5, 0.6) is 0 Å². The van der Waals surface area contributed by atoms with E-state index in [0.29, 0.717) is 0 Å². The summed E-state index contributed by atoms with van der Waals surface area (Å²) in [6.45, 7) is 10.5. The van der Waals surface area contributed by atoms with Crippen LogP contribution < -0.4 is 0 Å². The molecule has 1 saturated carbocycles. The molecule has 0 aromatic carbocycles. The summed E-state index contributed by atoms with van der Waals surface area (Å²) in [5.41, 5.74) is 0. The quantitative estimate of drug-likeness (QED) is 0.673. The molecule has 84 valence electrons. The molecule has 0 aliphatic heterocycles. The number of rotatable bonds is 3. The van der Waals surface area contributed by atoms with Crippen molar-refractivity contribution in [1.29, 1.82) is 0 Å². The van der Waals surface area contributed by atoms with Gasteiger partial charge in [-0.15, -0.1) is 0 Å². The zero-order valence-electron chi connectivity index (χ0n) is 10.4. The predicted molar refractivity (Wildman–Crippen MR) is 61.3 cm³/mol. The Kier molecular flexibility index (Phi) is 4.43. The second-order valence-electron chi connectivity index (χ2n) is 5.45. The SMILES string of the molecule is COCC1CCC(C)C(C(C)C)C1C. The number of ether oxygens (including phenoxy) is 1. The lowest BCUT2D eigenvalue weighted by atomic mass is 9.64. The Hall–Kier alpha value is -0.0400. The van der Waals surface area contributed by atoms with E-state index in [1.165, 1.54) is 12.8 Å². The van der Waals surface area contributed by atoms with E-state index < -0.39 is 0 Å². The molecule has 0 radical (unpaired) electrons. The topological polar surface area (TPSA) is 9.23 Å². The van der Waals surface area contributed by atoms with Crippen molar-refractivity contribution in [1.82, 2.24) is 0 Å². The van der Waals surface area contributed by atoms with E-state index in [1.807, 2.05) is 7.11 Å². The van der Waals surface area contributed by atoms with Crippen LogP contribution >= 0.6 is 0 Å². The lowest BCUT2D eigenvalue weighted by molar-refractivity contribution is 0.0261. The van der Waals surface area contributed by atoms with Crippen molar-refractivity contribution in [3.05, 3.63) is 0 Å². The minimum Gasteiger partial charge on any atom is -0.384 e. The maximum Gasteiger partial charge on any atom is 0.0493 e. The Morgan fingerprint density at radius 1 is 1.21 bits per heavy atom. The largest absolute Gasteiger partial charge is 0.384 e. The van der Waals surface area contributed by atoms with Gasteiger partial charge in [0.15, 0.2) is 0 Å². The fourth-order valence-corrected chi connectivity index (χ4v) is 3.48. The molecule has 1 fully saturated rings. The summed E-state index contributed by atoms with van der Waals surface area (Å²) in [4.78, 5) is 0. The van der Waals surface area contributed by atoms with Gasteiger partial charge in [0.25, 0.3) is 0 Å². The van der Waals surface area contributed by atoms with Gasteiger partial charge in [-0.05, 0) is 36.0 Å². The zero-order chi connectivity index (χ0) is 10.7. The van der Waals surface area contributed by atoms with Crippen LogP contribution in [-0.2, 0) is 4.74 Å². The zero-order valence-corrected chi connectivity index (χ0v) is 10.4. The van der Waals surface area contributed by atoms with Crippen molar-refractivity contribution in [3.8, 4) is 0 Å². The van der Waals surface area contributed by atoms with Gasteiger partial charge in [-0.25, -0.2) is 0 Å². The van der Waals surface area contributed by atoms with Crippen molar-refractivity contribution in [2.24, 2.45) is 29.6 Å². The summed E-state index contributed by atoms with van der Waals surface area (Å²) in [5, 5.41) is 0. The van der Waals surface area contributed by atoms with Gasteiger partial charge >= 0.3 is 0 Å². The first-order valence-electron chi connectivity index (χ1n) is 6.06. The van der Waals surface area contributed by atoms with E-state index in [4.69, 9.17) is 4.74 Å². The van der Waals surface area contributed by atoms with E-state index in [2.05, 4.69) is 27.7 Å². The van der Waals surface area contributed by atoms with Gasteiger partial charge in [0.2, 0.25) is 0 Å². The standard InChI is InChI=1S/C13H26O/c1-9(2)13-10(3)6-7-12(8-14-5)11(13)4/h9-13H,6-8H2,1-5H3. The number of hydrogen-bond donors (Lipinski definition) is 0. The van der Waals surface area contributed by atoms with Crippen molar-refractivity contribution >= 4 is 0 Å². The third kappa shape index (κ3) is 2.50. The van der Waals surface area contributed by atoms with Gasteiger partial charge in [0, 0.05) is 13.7 Å². The average Bonchev–Trinajstić information content (AvgIpc) is 2.10. The molecule has 0 heterocycles.